The maximum atomic E-state index is 11.6. The Morgan fingerprint density at radius 1 is 1.41 bits per heavy atom. The van der Waals surface area contributed by atoms with Crippen LogP contribution in [0.5, 0.6) is 0 Å². The lowest BCUT2D eigenvalue weighted by Gasteiger charge is -2.41. The zero-order valence-electron chi connectivity index (χ0n) is 10.4. The Hall–Kier alpha value is -1.30. The predicted octanol–water partition coefficient (Wildman–Crippen LogP) is -0.0420. The number of hydrogen-bond acceptors (Lipinski definition) is 3. The molecular weight excluding hydrogens is 222 g/mol. The van der Waals surface area contributed by atoms with Crippen molar-refractivity contribution in [1.82, 2.24) is 15.5 Å². The summed E-state index contributed by atoms with van der Waals surface area (Å²) in [6, 6.07) is -0.0880. The third-order valence-corrected chi connectivity index (χ3v) is 3.17. The molecule has 1 heterocycles. The fourth-order valence-electron chi connectivity index (χ4n) is 1.77. The Balaban J connectivity index is 2.14. The zero-order chi connectivity index (χ0) is 12.8. The molecule has 0 aromatic heterocycles. The molecule has 6 nitrogen and oxygen atoms in total. The topological polar surface area (TPSA) is 81.7 Å². The van der Waals surface area contributed by atoms with Crippen molar-refractivity contribution in [2.75, 3.05) is 33.2 Å². The summed E-state index contributed by atoms with van der Waals surface area (Å²) in [5.74, 6) is -1.07. The monoisotopic (exact) mass is 243 g/mol. The van der Waals surface area contributed by atoms with Gasteiger partial charge in [0.1, 0.15) is 0 Å². The highest BCUT2D eigenvalue weighted by molar-refractivity contribution is 5.76. The molecule has 0 aromatic carbocycles. The summed E-state index contributed by atoms with van der Waals surface area (Å²) in [4.78, 5) is 24.0. The minimum atomic E-state index is -0.788. The van der Waals surface area contributed by atoms with E-state index in [0.717, 1.165) is 13.0 Å². The standard InChI is InChI=1S/C11H21N3O3/c1-8(10(15)16)9-6-14(7-9)11(17)13-5-3-4-12-2/h8-9,12H,3-7H2,1-2H3,(H,13,17)(H,15,16). The molecule has 0 spiro atoms. The minimum Gasteiger partial charge on any atom is -0.481 e. The van der Waals surface area contributed by atoms with Gasteiger partial charge in [-0.1, -0.05) is 6.92 Å². The maximum absolute atomic E-state index is 11.6. The van der Waals surface area contributed by atoms with Crippen LogP contribution in [0, 0.1) is 11.8 Å². The molecule has 1 aliphatic heterocycles. The highest BCUT2D eigenvalue weighted by atomic mass is 16.4. The second-order valence-electron chi connectivity index (χ2n) is 4.48. The summed E-state index contributed by atoms with van der Waals surface area (Å²) in [6.45, 7) is 4.31. The average molecular weight is 243 g/mol. The number of amides is 2. The number of carbonyl (C=O) groups excluding carboxylic acids is 1. The van der Waals surface area contributed by atoms with Crippen molar-refractivity contribution in [1.29, 1.82) is 0 Å². The predicted molar refractivity (Wildman–Crippen MR) is 63.8 cm³/mol. The quantitative estimate of drug-likeness (QED) is 0.572. The Labute approximate surface area is 101 Å². The minimum absolute atomic E-state index is 0.0880. The number of hydrogen-bond donors (Lipinski definition) is 3. The van der Waals surface area contributed by atoms with Gasteiger partial charge in [-0.2, -0.15) is 0 Å². The zero-order valence-corrected chi connectivity index (χ0v) is 10.4. The van der Waals surface area contributed by atoms with E-state index >= 15 is 0 Å². The highest BCUT2D eigenvalue weighted by Gasteiger charge is 2.36. The van der Waals surface area contributed by atoms with Crippen molar-refractivity contribution in [3.63, 3.8) is 0 Å². The van der Waals surface area contributed by atoms with E-state index < -0.39 is 5.97 Å². The first-order valence-electron chi connectivity index (χ1n) is 5.96. The van der Waals surface area contributed by atoms with Crippen LogP contribution in [0.4, 0.5) is 4.79 Å². The number of nitrogens with one attached hydrogen (secondary N) is 2. The number of urea groups is 1. The molecule has 1 saturated heterocycles. The molecule has 0 radical (unpaired) electrons. The van der Waals surface area contributed by atoms with Gasteiger partial charge >= 0.3 is 12.0 Å². The fourth-order valence-corrected chi connectivity index (χ4v) is 1.77. The van der Waals surface area contributed by atoms with Crippen molar-refractivity contribution in [2.45, 2.75) is 13.3 Å². The van der Waals surface area contributed by atoms with E-state index in [4.69, 9.17) is 5.11 Å². The molecule has 0 aliphatic carbocycles. The van der Waals surface area contributed by atoms with Crippen LogP contribution in [0.25, 0.3) is 0 Å². The second-order valence-corrected chi connectivity index (χ2v) is 4.48. The van der Waals surface area contributed by atoms with Crippen molar-refractivity contribution < 1.29 is 14.7 Å². The van der Waals surface area contributed by atoms with E-state index in [-0.39, 0.29) is 17.9 Å². The highest BCUT2D eigenvalue weighted by Crippen LogP contribution is 2.23. The maximum Gasteiger partial charge on any atom is 0.317 e. The molecule has 1 aliphatic rings. The molecule has 1 fully saturated rings. The molecule has 6 heteroatoms. The van der Waals surface area contributed by atoms with Gasteiger partial charge in [0, 0.05) is 25.6 Å². The van der Waals surface area contributed by atoms with Crippen molar-refractivity contribution in [3.05, 3.63) is 0 Å². The number of nitrogens with zero attached hydrogens (tertiary/aromatic N) is 1. The van der Waals surface area contributed by atoms with Crippen LogP contribution in [0.1, 0.15) is 13.3 Å². The van der Waals surface area contributed by atoms with Crippen molar-refractivity contribution >= 4 is 12.0 Å². The lowest BCUT2D eigenvalue weighted by atomic mass is 9.87. The molecule has 1 unspecified atom stereocenters. The largest absolute Gasteiger partial charge is 0.481 e. The SMILES string of the molecule is CNCCCNC(=O)N1CC(C(C)C(=O)O)C1. The molecule has 3 N–H and O–H groups in total. The van der Waals surface area contributed by atoms with Gasteiger partial charge in [-0.25, -0.2) is 4.79 Å². The van der Waals surface area contributed by atoms with Crippen LogP contribution >= 0.6 is 0 Å². The Bertz CT molecular complexity index is 277. The normalized spacial score (nSPS) is 17.4. The van der Waals surface area contributed by atoms with Crippen molar-refractivity contribution in [2.24, 2.45) is 11.8 Å². The molecule has 17 heavy (non-hydrogen) atoms. The molecule has 0 bridgehead atoms. The summed E-state index contributed by atoms with van der Waals surface area (Å²) in [6.07, 6.45) is 0.894. The molecule has 1 rings (SSSR count). The summed E-state index contributed by atoms with van der Waals surface area (Å²) >= 11 is 0. The van der Waals surface area contributed by atoms with Crippen molar-refractivity contribution in [3.8, 4) is 0 Å². The fraction of sp³-hybridized carbons (Fsp3) is 0.818. The van der Waals surface area contributed by atoms with Crippen LogP contribution < -0.4 is 10.6 Å². The second kappa shape index (κ2) is 6.44. The first kappa shape index (κ1) is 13.8. The van der Waals surface area contributed by atoms with Crippen LogP contribution in [0.2, 0.25) is 0 Å². The van der Waals surface area contributed by atoms with Crippen LogP contribution in [0.3, 0.4) is 0 Å². The molecular formula is C11H21N3O3. The molecule has 2 amide bonds. The number of aliphatic carboxylic acids is 1. The third kappa shape index (κ3) is 3.89. The number of carboxylic acids is 1. The summed E-state index contributed by atoms with van der Waals surface area (Å²) in [5, 5.41) is 14.6. The molecule has 0 saturated carbocycles. The van der Waals surface area contributed by atoms with Crippen LogP contribution in [-0.4, -0.2) is 55.2 Å². The van der Waals surface area contributed by atoms with E-state index in [2.05, 4.69) is 10.6 Å². The average Bonchev–Trinajstić information content (AvgIpc) is 2.22. The summed E-state index contributed by atoms with van der Waals surface area (Å²) in [7, 11) is 1.87. The van der Waals surface area contributed by atoms with E-state index in [9.17, 15) is 9.59 Å². The van der Waals surface area contributed by atoms with Crippen LogP contribution in [0.15, 0.2) is 0 Å². The molecule has 1 atom stereocenters. The summed E-state index contributed by atoms with van der Waals surface area (Å²) in [5.41, 5.74) is 0. The van der Waals surface area contributed by atoms with E-state index in [1.807, 2.05) is 7.05 Å². The lowest BCUT2D eigenvalue weighted by Crippen LogP contribution is -2.56. The van der Waals surface area contributed by atoms with E-state index in [1.165, 1.54) is 0 Å². The van der Waals surface area contributed by atoms with Crippen LogP contribution in [-0.2, 0) is 4.79 Å². The van der Waals surface area contributed by atoms with Gasteiger partial charge in [0.05, 0.1) is 5.92 Å². The van der Waals surface area contributed by atoms with Gasteiger partial charge in [-0.05, 0) is 20.0 Å². The smallest absolute Gasteiger partial charge is 0.317 e. The lowest BCUT2D eigenvalue weighted by molar-refractivity contribution is -0.144. The van der Waals surface area contributed by atoms with Gasteiger partial charge in [-0.15, -0.1) is 0 Å². The van der Waals surface area contributed by atoms with E-state index in [1.54, 1.807) is 11.8 Å². The first-order chi connectivity index (χ1) is 8.06. The molecule has 0 aromatic rings. The van der Waals surface area contributed by atoms with E-state index in [0.29, 0.717) is 19.6 Å². The van der Waals surface area contributed by atoms with Gasteiger partial charge in [0.15, 0.2) is 0 Å². The summed E-state index contributed by atoms with van der Waals surface area (Å²) < 4.78 is 0. The van der Waals surface area contributed by atoms with Gasteiger partial charge in [0.2, 0.25) is 0 Å². The Kier molecular flexibility index (Phi) is 5.21. The van der Waals surface area contributed by atoms with Gasteiger partial charge in [0.25, 0.3) is 0 Å². The Morgan fingerprint density at radius 3 is 2.59 bits per heavy atom. The number of carboxylic acid groups (broad SMARTS) is 1. The molecule has 98 valence electrons. The van der Waals surface area contributed by atoms with Gasteiger partial charge in [-0.3, -0.25) is 4.79 Å². The third-order valence-electron chi connectivity index (χ3n) is 3.17. The number of carbonyl (C=O) groups is 2. The number of likely N-dealkylation sites (tertiary alicyclic amines) is 1. The first-order valence-corrected chi connectivity index (χ1v) is 5.96. The van der Waals surface area contributed by atoms with Gasteiger partial charge < -0.3 is 20.6 Å². The number of rotatable bonds is 6. The Morgan fingerprint density at radius 2 is 2.06 bits per heavy atom.